The lowest BCUT2D eigenvalue weighted by Gasteiger charge is -2.19. The van der Waals surface area contributed by atoms with Gasteiger partial charge in [-0.25, -0.2) is 4.39 Å². The van der Waals surface area contributed by atoms with Crippen LogP contribution in [0.1, 0.15) is 22.7 Å². The topological polar surface area (TPSA) is 12.0 Å². The second kappa shape index (κ2) is 6.04. The fourth-order valence-electron chi connectivity index (χ4n) is 2.09. The van der Waals surface area contributed by atoms with Crippen molar-refractivity contribution in [3.63, 3.8) is 0 Å². The molecule has 0 aliphatic heterocycles. The van der Waals surface area contributed by atoms with Crippen molar-refractivity contribution in [3.8, 4) is 0 Å². The maximum atomic E-state index is 13.4. The number of aryl methyl sites for hydroxylation is 1. The van der Waals surface area contributed by atoms with Gasteiger partial charge in [0.2, 0.25) is 0 Å². The van der Waals surface area contributed by atoms with Gasteiger partial charge in [0.15, 0.2) is 0 Å². The zero-order valence-electron chi connectivity index (χ0n) is 10.7. The van der Waals surface area contributed by atoms with E-state index in [0.29, 0.717) is 5.02 Å². The minimum absolute atomic E-state index is 0.130. The second-order valence-electron chi connectivity index (χ2n) is 4.40. The molecule has 1 nitrogen and oxygen atoms in total. The van der Waals surface area contributed by atoms with E-state index in [4.69, 9.17) is 11.6 Å². The van der Waals surface area contributed by atoms with Crippen LogP contribution in [0.5, 0.6) is 0 Å². The third kappa shape index (κ3) is 3.16. The Morgan fingerprint density at radius 1 is 1.21 bits per heavy atom. The van der Waals surface area contributed by atoms with Crippen molar-refractivity contribution in [3.05, 3.63) is 68.4 Å². The Morgan fingerprint density at radius 3 is 2.58 bits per heavy atom. The highest BCUT2D eigenvalue weighted by atomic mass is 79.9. The van der Waals surface area contributed by atoms with Crippen LogP contribution >= 0.6 is 27.5 Å². The van der Waals surface area contributed by atoms with Gasteiger partial charge < -0.3 is 5.32 Å². The Labute approximate surface area is 125 Å². The molecule has 0 saturated heterocycles. The maximum absolute atomic E-state index is 13.4. The van der Waals surface area contributed by atoms with Crippen molar-refractivity contribution in [1.82, 2.24) is 5.32 Å². The highest BCUT2D eigenvalue weighted by Gasteiger charge is 2.16. The zero-order chi connectivity index (χ0) is 14.0. The highest BCUT2D eigenvalue weighted by Crippen LogP contribution is 2.30. The number of benzene rings is 2. The van der Waals surface area contributed by atoms with Crippen LogP contribution < -0.4 is 5.32 Å². The molecule has 0 aliphatic carbocycles. The molecule has 0 aliphatic rings. The van der Waals surface area contributed by atoms with Gasteiger partial charge in [0.25, 0.3) is 0 Å². The van der Waals surface area contributed by atoms with E-state index >= 15 is 0 Å². The number of nitrogens with one attached hydrogen (secondary N) is 1. The lowest BCUT2D eigenvalue weighted by Crippen LogP contribution is -2.18. The van der Waals surface area contributed by atoms with Gasteiger partial charge in [-0.2, -0.15) is 0 Å². The molecule has 1 atom stereocenters. The molecule has 4 heteroatoms. The molecule has 0 spiro atoms. The van der Waals surface area contributed by atoms with Crippen LogP contribution in [0.15, 0.2) is 40.9 Å². The van der Waals surface area contributed by atoms with Crippen molar-refractivity contribution in [2.75, 3.05) is 7.05 Å². The molecule has 19 heavy (non-hydrogen) atoms. The number of halogens is 3. The Kier molecular flexibility index (Phi) is 4.61. The third-order valence-corrected chi connectivity index (χ3v) is 4.31. The smallest absolute Gasteiger partial charge is 0.123 e. The van der Waals surface area contributed by atoms with E-state index in [1.54, 1.807) is 6.07 Å². The summed E-state index contributed by atoms with van der Waals surface area (Å²) in [6.45, 7) is 2.02. The molecule has 0 amide bonds. The molecule has 1 N–H and O–H groups in total. The molecule has 2 aromatic rings. The van der Waals surface area contributed by atoms with Crippen LogP contribution in [0.25, 0.3) is 0 Å². The quantitative estimate of drug-likeness (QED) is 0.840. The summed E-state index contributed by atoms with van der Waals surface area (Å²) in [6.07, 6.45) is 0. The van der Waals surface area contributed by atoms with Crippen LogP contribution in [0.2, 0.25) is 5.02 Å². The predicted molar refractivity (Wildman–Crippen MR) is 81.2 cm³/mol. The van der Waals surface area contributed by atoms with Crippen LogP contribution in [0.3, 0.4) is 0 Å². The van der Waals surface area contributed by atoms with E-state index in [1.165, 1.54) is 12.1 Å². The van der Waals surface area contributed by atoms with E-state index in [1.807, 2.05) is 26.1 Å². The molecule has 0 aromatic heterocycles. The molecular formula is C15H14BrClFN. The van der Waals surface area contributed by atoms with Crippen LogP contribution in [-0.4, -0.2) is 7.05 Å². The maximum Gasteiger partial charge on any atom is 0.123 e. The summed E-state index contributed by atoms with van der Waals surface area (Å²) in [7, 11) is 1.84. The van der Waals surface area contributed by atoms with Crippen molar-refractivity contribution in [1.29, 1.82) is 0 Å². The molecule has 2 rings (SSSR count). The molecule has 0 fully saturated rings. The Bertz CT molecular complexity index is 601. The number of hydrogen-bond acceptors (Lipinski definition) is 1. The Hall–Kier alpha value is -0.900. The van der Waals surface area contributed by atoms with E-state index in [9.17, 15) is 4.39 Å². The lowest BCUT2D eigenvalue weighted by molar-refractivity contribution is 0.617. The van der Waals surface area contributed by atoms with Crippen LogP contribution in [0.4, 0.5) is 4.39 Å². The van der Waals surface area contributed by atoms with Gasteiger partial charge in [-0.05, 0) is 54.9 Å². The number of hydrogen-bond donors (Lipinski definition) is 1. The number of rotatable bonds is 3. The van der Waals surface area contributed by atoms with Gasteiger partial charge in [-0.3, -0.25) is 0 Å². The first kappa shape index (κ1) is 14.5. The molecule has 100 valence electrons. The summed E-state index contributed by atoms with van der Waals surface area (Å²) >= 11 is 9.65. The third-order valence-electron chi connectivity index (χ3n) is 3.07. The van der Waals surface area contributed by atoms with E-state index in [2.05, 4.69) is 27.3 Å². The van der Waals surface area contributed by atoms with Gasteiger partial charge in [0.1, 0.15) is 5.82 Å². The monoisotopic (exact) mass is 341 g/mol. The minimum Gasteiger partial charge on any atom is -0.309 e. The van der Waals surface area contributed by atoms with E-state index < -0.39 is 0 Å². The van der Waals surface area contributed by atoms with Crippen LogP contribution in [0, 0.1) is 12.7 Å². The van der Waals surface area contributed by atoms with Crippen LogP contribution in [-0.2, 0) is 0 Å². The molecule has 0 heterocycles. The lowest BCUT2D eigenvalue weighted by atomic mass is 9.97. The molecule has 0 radical (unpaired) electrons. The predicted octanol–water partition coefficient (Wildman–Crippen LogP) is 4.86. The first-order chi connectivity index (χ1) is 9.02. The average molecular weight is 343 g/mol. The summed E-state index contributed by atoms with van der Waals surface area (Å²) in [5.74, 6) is -0.284. The molecule has 0 bridgehead atoms. The van der Waals surface area contributed by atoms with Crippen molar-refractivity contribution in [2.45, 2.75) is 13.0 Å². The van der Waals surface area contributed by atoms with Crippen molar-refractivity contribution >= 4 is 27.5 Å². The highest BCUT2D eigenvalue weighted by molar-refractivity contribution is 9.10. The molecule has 1 unspecified atom stereocenters. The SMILES string of the molecule is CNC(c1ccc(Br)c(C)c1)c1cc(F)ccc1Cl. The second-order valence-corrected chi connectivity index (χ2v) is 5.66. The molecule has 2 aromatic carbocycles. The first-order valence-electron chi connectivity index (χ1n) is 5.91. The van der Waals surface area contributed by atoms with Crippen molar-refractivity contribution < 1.29 is 4.39 Å². The largest absolute Gasteiger partial charge is 0.309 e. The normalized spacial score (nSPS) is 12.5. The van der Waals surface area contributed by atoms with Gasteiger partial charge in [-0.15, -0.1) is 0 Å². The summed E-state index contributed by atoms with van der Waals surface area (Å²) in [5.41, 5.74) is 2.92. The fourth-order valence-corrected chi connectivity index (χ4v) is 2.56. The molecular weight excluding hydrogens is 329 g/mol. The molecule has 0 saturated carbocycles. The minimum atomic E-state index is -0.284. The summed E-state index contributed by atoms with van der Waals surface area (Å²) in [6, 6.07) is 10.3. The first-order valence-corrected chi connectivity index (χ1v) is 7.08. The fraction of sp³-hybridized carbons (Fsp3) is 0.200. The zero-order valence-corrected chi connectivity index (χ0v) is 13.0. The standard InChI is InChI=1S/C15H14BrClFN/c1-9-7-10(3-5-13(9)16)15(19-2)12-8-11(18)4-6-14(12)17/h3-8,15,19H,1-2H3. The van der Waals surface area contributed by atoms with Gasteiger partial charge in [0.05, 0.1) is 6.04 Å². The summed E-state index contributed by atoms with van der Waals surface area (Å²) in [5, 5.41) is 3.74. The van der Waals surface area contributed by atoms with E-state index in [-0.39, 0.29) is 11.9 Å². The van der Waals surface area contributed by atoms with Gasteiger partial charge in [0, 0.05) is 9.50 Å². The van der Waals surface area contributed by atoms with E-state index in [0.717, 1.165) is 21.2 Å². The Balaban J connectivity index is 2.49. The summed E-state index contributed by atoms with van der Waals surface area (Å²) in [4.78, 5) is 0. The summed E-state index contributed by atoms with van der Waals surface area (Å²) < 4.78 is 14.5. The van der Waals surface area contributed by atoms with Crippen molar-refractivity contribution in [2.24, 2.45) is 0 Å². The average Bonchev–Trinajstić information content (AvgIpc) is 2.38. The van der Waals surface area contributed by atoms with Gasteiger partial charge in [-0.1, -0.05) is 39.7 Å². The Morgan fingerprint density at radius 2 is 1.95 bits per heavy atom. The van der Waals surface area contributed by atoms with Gasteiger partial charge >= 0.3 is 0 Å².